The van der Waals surface area contributed by atoms with Crippen LogP contribution in [-0.2, 0) is 14.4 Å². The first-order valence-electron chi connectivity index (χ1n) is 6.26. The molecule has 0 aliphatic heterocycles. The first kappa shape index (κ1) is 19.3. The molecule has 1 aromatic rings. The van der Waals surface area contributed by atoms with Crippen LogP contribution in [-0.4, -0.2) is 30.9 Å². The van der Waals surface area contributed by atoms with Crippen molar-refractivity contribution >= 4 is 52.6 Å². The highest BCUT2D eigenvalue weighted by Gasteiger charge is 2.14. The van der Waals surface area contributed by atoms with Crippen LogP contribution in [0.4, 0.5) is 0 Å². The van der Waals surface area contributed by atoms with Crippen molar-refractivity contribution in [2.75, 3.05) is 13.1 Å². The van der Waals surface area contributed by atoms with Gasteiger partial charge in [0, 0.05) is 16.7 Å². The Hall–Kier alpha value is -1.76. The summed E-state index contributed by atoms with van der Waals surface area (Å²) in [7, 11) is 0. The Morgan fingerprint density at radius 1 is 1.13 bits per heavy atom. The summed E-state index contributed by atoms with van der Waals surface area (Å²) in [6, 6.07) is 2.72. The van der Waals surface area contributed by atoms with Gasteiger partial charge in [0.05, 0.1) is 11.6 Å². The Kier molecular flexibility index (Phi) is 7.35. The van der Waals surface area contributed by atoms with Crippen molar-refractivity contribution in [1.29, 1.82) is 0 Å². The number of rotatable bonds is 6. The molecule has 1 aromatic carbocycles. The van der Waals surface area contributed by atoms with E-state index in [4.69, 9.17) is 39.5 Å². The van der Waals surface area contributed by atoms with Gasteiger partial charge in [0.25, 0.3) is 0 Å². The van der Waals surface area contributed by atoms with E-state index in [0.29, 0.717) is 0 Å². The summed E-state index contributed by atoms with van der Waals surface area (Å²) in [5.41, 5.74) is 0.268. The van der Waals surface area contributed by atoms with E-state index in [1.807, 2.05) is 0 Å². The fourth-order valence-corrected chi connectivity index (χ4v) is 1.93. The maximum atomic E-state index is 11.7. The number of hydrogen-bond donors (Lipinski definition) is 2. The minimum absolute atomic E-state index is 0.0148. The number of carbonyl (C=O) groups is 3. The van der Waals surface area contributed by atoms with Gasteiger partial charge in [0.1, 0.15) is 11.6 Å². The van der Waals surface area contributed by atoms with Gasteiger partial charge in [-0.1, -0.05) is 41.4 Å². The maximum absolute atomic E-state index is 11.7. The molecule has 0 saturated carbocycles. The number of amides is 2. The summed E-state index contributed by atoms with van der Waals surface area (Å²) in [6.07, 6.45) is 0. The van der Waals surface area contributed by atoms with Crippen LogP contribution in [0.15, 0.2) is 24.3 Å². The molecule has 0 spiro atoms. The normalized spacial score (nSPS) is 9.91. The van der Waals surface area contributed by atoms with E-state index in [1.165, 1.54) is 19.1 Å². The zero-order valence-corrected chi connectivity index (χ0v) is 14.3. The van der Waals surface area contributed by atoms with Crippen molar-refractivity contribution in [2.24, 2.45) is 0 Å². The maximum Gasteiger partial charge on any atom is 0.330 e. The Morgan fingerprint density at radius 3 is 2.39 bits per heavy atom. The molecular weight excluding hydrogens is 367 g/mol. The van der Waals surface area contributed by atoms with Crippen LogP contribution < -0.4 is 15.4 Å². The van der Waals surface area contributed by atoms with E-state index >= 15 is 0 Å². The predicted octanol–water partition coefficient (Wildman–Crippen LogP) is 2.36. The van der Waals surface area contributed by atoms with Gasteiger partial charge < -0.3 is 15.4 Å². The Balaban J connectivity index is 2.47. The largest absolute Gasteiger partial charge is 0.424 e. The lowest BCUT2D eigenvalue weighted by Crippen LogP contribution is -2.40. The van der Waals surface area contributed by atoms with Gasteiger partial charge in [-0.15, -0.1) is 0 Å². The summed E-state index contributed by atoms with van der Waals surface area (Å²) >= 11 is 17.5. The quantitative estimate of drug-likeness (QED) is 0.344. The monoisotopic (exact) mass is 378 g/mol. The van der Waals surface area contributed by atoms with Gasteiger partial charge in [-0.05, 0) is 13.0 Å². The van der Waals surface area contributed by atoms with Gasteiger partial charge in [0.2, 0.25) is 11.8 Å². The fourth-order valence-electron chi connectivity index (χ4n) is 1.31. The standard InChI is InChI=1S/C14H13Cl3N2O4/c1-7(2)14(22)19-5-11(20)18-6-12(21)23-10-4-8(15)3-9(16)13(10)17/h3-4H,1,5-6H2,2H3,(H,18,20)(H,19,22). The van der Waals surface area contributed by atoms with Gasteiger partial charge in [-0.2, -0.15) is 0 Å². The van der Waals surface area contributed by atoms with Crippen LogP contribution in [0.1, 0.15) is 6.92 Å². The molecule has 0 unspecified atom stereocenters. The minimum atomic E-state index is -0.773. The number of benzene rings is 1. The third kappa shape index (κ3) is 6.48. The first-order chi connectivity index (χ1) is 10.7. The van der Waals surface area contributed by atoms with Crippen LogP contribution in [0.3, 0.4) is 0 Å². The molecule has 2 N–H and O–H groups in total. The van der Waals surface area contributed by atoms with Gasteiger partial charge in [0.15, 0.2) is 5.75 Å². The number of esters is 1. The summed E-state index contributed by atoms with van der Waals surface area (Å²) in [5.74, 6) is -1.81. The van der Waals surface area contributed by atoms with E-state index in [9.17, 15) is 14.4 Å². The zero-order chi connectivity index (χ0) is 17.6. The van der Waals surface area contributed by atoms with Crippen LogP contribution in [0.5, 0.6) is 5.75 Å². The second-order valence-corrected chi connectivity index (χ2v) is 5.64. The molecule has 0 radical (unpaired) electrons. The molecule has 9 heteroatoms. The lowest BCUT2D eigenvalue weighted by atomic mass is 10.3. The summed E-state index contributed by atoms with van der Waals surface area (Å²) < 4.78 is 4.97. The number of halogens is 3. The van der Waals surface area contributed by atoms with Crippen molar-refractivity contribution in [3.8, 4) is 5.75 Å². The molecule has 0 atom stereocenters. The molecule has 0 aliphatic carbocycles. The van der Waals surface area contributed by atoms with E-state index in [-0.39, 0.29) is 32.9 Å². The summed E-state index contributed by atoms with van der Waals surface area (Å²) in [6.45, 7) is 4.23. The number of ether oxygens (including phenoxy) is 1. The molecular formula is C14H13Cl3N2O4. The molecule has 124 valence electrons. The molecule has 0 fully saturated rings. The second kappa shape index (κ2) is 8.76. The molecule has 0 saturated heterocycles. The van der Waals surface area contributed by atoms with Crippen LogP contribution >= 0.6 is 34.8 Å². The number of nitrogens with one attached hydrogen (secondary N) is 2. The highest BCUT2D eigenvalue weighted by molar-refractivity contribution is 6.44. The third-order valence-corrected chi connectivity index (χ3v) is 3.41. The molecule has 0 aromatic heterocycles. The lowest BCUT2D eigenvalue weighted by Gasteiger charge is -2.09. The van der Waals surface area contributed by atoms with Crippen molar-refractivity contribution in [3.63, 3.8) is 0 Å². The molecule has 23 heavy (non-hydrogen) atoms. The van der Waals surface area contributed by atoms with Crippen LogP contribution in [0.25, 0.3) is 0 Å². The van der Waals surface area contributed by atoms with Crippen LogP contribution in [0.2, 0.25) is 15.1 Å². The first-order valence-corrected chi connectivity index (χ1v) is 7.39. The van der Waals surface area contributed by atoms with E-state index in [2.05, 4.69) is 17.2 Å². The van der Waals surface area contributed by atoms with Crippen molar-refractivity contribution in [3.05, 3.63) is 39.4 Å². The van der Waals surface area contributed by atoms with E-state index < -0.39 is 24.3 Å². The second-order valence-electron chi connectivity index (χ2n) is 4.41. The fraction of sp³-hybridized carbons (Fsp3) is 0.214. The minimum Gasteiger partial charge on any atom is -0.424 e. The zero-order valence-electron chi connectivity index (χ0n) is 12.0. The molecule has 1 rings (SSSR count). The molecule has 2 amide bonds. The molecule has 0 heterocycles. The third-order valence-electron chi connectivity index (χ3n) is 2.41. The van der Waals surface area contributed by atoms with Crippen molar-refractivity contribution in [1.82, 2.24) is 10.6 Å². The number of hydrogen-bond acceptors (Lipinski definition) is 4. The topological polar surface area (TPSA) is 84.5 Å². The lowest BCUT2D eigenvalue weighted by molar-refractivity contribution is -0.135. The predicted molar refractivity (Wildman–Crippen MR) is 87.9 cm³/mol. The Bertz CT molecular complexity index is 662. The van der Waals surface area contributed by atoms with Crippen LogP contribution in [0, 0.1) is 0 Å². The number of carbonyl (C=O) groups excluding carboxylic acids is 3. The average Bonchev–Trinajstić information content (AvgIpc) is 2.47. The summed E-state index contributed by atoms with van der Waals surface area (Å²) in [5, 5.41) is 5.01. The average molecular weight is 380 g/mol. The highest BCUT2D eigenvalue weighted by atomic mass is 35.5. The van der Waals surface area contributed by atoms with Crippen molar-refractivity contribution < 1.29 is 19.1 Å². The van der Waals surface area contributed by atoms with E-state index in [1.54, 1.807) is 0 Å². The molecule has 0 aliphatic rings. The Labute approximate surface area is 147 Å². The van der Waals surface area contributed by atoms with Gasteiger partial charge in [-0.3, -0.25) is 9.59 Å². The SMILES string of the molecule is C=C(C)C(=O)NCC(=O)NCC(=O)Oc1cc(Cl)cc(Cl)c1Cl. The smallest absolute Gasteiger partial charge is 0.330 e. The molecule has 0 bridgehead atoms. The highest BCUT2D eigenvalue weighted by Crippen LogP contribution is 2.35. The van der Waals surface area contributed by atoms with E-state index in [0.717, 1.165) is 0 Å². The molecule has 6 nitrogen and oxygen atoms in total. The van der Waals surface area contributed by atoms with Gasteiger partial charge in [-0.25, -0.2) is 4.79 Å². The Morgan fingerprint density at radius 2 is 1.78 bits per heavy atom. The summed E-state index contributed by atoms with van der Waals surface area (Å²) in [4.78, 5) is 34.3. The van der Waals surface area contributed by atoms with Gasteiger partial charge >= 0.3 is 5.97 Å². The van der Waals surface area contributed by atoms with Crippen molar-refractivity contribution in [2.45, 2.75) is 6.92 Å².